The molecule has 0 spiro atoms. The van der Waals surface area contributed by atoms with Gasteiger partial charge in [-0.15, -0.1) is 0 Å². The van der Waals surface area contributed by atoms with Gasteiger partial charge in [-0.05, 0) is 42.0 Å². The SMILES string of the molecule is O=C(NCc1ccccn1)c1ccc(/C=N\Nc2ncnc3c2cnn3-c2ccccc2)cc1. The number of fused-ring (bicyclic) bond motifs is 1. The van der Waals surface area contributed by atoms with Gasteiger partial charge in [0.15, 0.2) is 11.5 Å². The highest BCUT2D eigenvalue weighted by molar-refractivity contribution is 5.95. The number of pyridine rings is 1. The number of carbonyl (C=O) groups excluding carboxylic acids is 1. The molecule has 0 aliphatic heterocycles. The van der Waals surface area contributed by atoms with Crippen molar-refractivity contribution in [1.82, 2.24) is 30.0 Å². The molecule has 3 heterocycles. The summed E-state index contributed by atoms with van der Waals surface area (Å²) in [5.74, 6) is 0.389. The largest absolute Gasteiger partial charge is 0.346 e. The Morgan fingerprint density at radius 2 is 1.76 bits per heavy atom. The molecule has 0 unspecified atom stereocenters. The third-order valence-corrected chi connectivity index (χ3v) is 5.08. The van der Waals surface area contributed by atoms with E-state index in [1.807, 2.05) is 60.7 Å². The zero-order chi connectivity index (χ0) is 23.2. The van der Waals surface area contributed by atoms with E-state index in [-0.39, 0.29) is 5.91 Å². The Morgan fingerprint density at radius 1 is 0.941 bits per heavy atom. The molecule has 166 valence electrons. The number of hydrogen-bond acceptors (Lipinski definition) is 7. The average Bonchev–Trinajstić information content (AvgIpc) is 3.34. The Bertz CT molecular complexity index is 1430. The summed E-state index contributed by atoms with van der Waals surface area (Å²) in [7, 11) is 0. The van der Waals surface area contributed by atoms with E-state index in [9.17, 15) is 4.79 Å². The van der Waals surface area contributed by atoms with E-state index in [4.69, 9.17) is 0 Å². The molecule has 9 heteroatoms. The first kappa shape index (κ1) is 21.0. The summed E-state index contributed by atoms with van der Waals surface area (Å²) in [6.07, 6.45) is 6.54. The van der Waals surface area contributed by atoms with E-state index < -0.39 is 0 Å². The van der Waals surface area contributed by atoms with Crippen LogP contribution in [-0.2, 0) is 6.54 Å². The van der Waals surface area contributed by atoms with Crippen LogP contribution in [-0.4, -0.2) is 36.9 Å². The molecule has 5 rings (SSSR count). The maximum atomic E-state index is 12.4. The molecule has 2 N–H and O–H groups in total. The van der Waals surface area contributed by atoms with Crippen LogP contribution in [0.4, 0.5) is 5.82 Å². The quantitative estimate of drug-likeness (QED) is 0.291. The van der Waals surface area contributed by atoms with E-state index in [0.29, 0.717) is 23.6 Å². The maximum Gasteiger partial charge on any atom is 0.251 e. The minimum Gasteiger partial charge on any atom is -0.346 e. The second kappa shape index (κ2) is 9.70. The number of hydrazone groups is 1. The van der Waals surface area contributed by atoms with E-state index in [1.165, 1.54) is 6.33 Å². The van der Waals surface area contributed by atoms with Gasteiger partial charge in [-0.25, -0.2) is 14.6 Å². The number of aromatic nitrogens is 5. The normalized spacial score (nSPS) is 11.1. The van der Waals surface area contributed by atoms with Gasteiger partial charge in [-0.2, -0.15) is 10.2 Å². The van der Waals surface area contributed by atoms with E-state index in [2.05, 4.69) is 35.9 Å². The maximum absolute atomic E-state index is 12.4. The molecule has 0 saturated heterocycles. The molecular formula is C25H20N8O. The molecule has 5 aromatic rings. The fraction of sp³-hybridized carbons (Fsp3) is 0.0400. The summed E-state index contributed by atoms with van der Waals surface area (Å²) in [6, 6.07) is 22.5. The third kappa shape index (κ3) is 4.63. The summed E-state index contributed by atoms with van der Waals surface area (Å²) in [5, 5.41) is 12.3. The lowest BCUT2D eigenvalue weighted by Crippen LogP contribution is -2.23. The summed E-state index contributed by atoms with van der Waals surface area (Å²) in [4.78, 5) is 25.2. The lowest BCUT2D eigenvalue weighted by atomic mass is 10.1. The van der Waals surface area contributed by atoms with Gasteiger partial charge in [0.05, 0.1) is 35.7 Å². The zero-order valence-electron chi connectivity index (χ0n) is 18.0. The molecule has 0 saturated carbocycles. The third-order valence-electron chi connectivity index (χ3n) is 5.08. The van der Waals surface area contributed by atoms with Crippen LogP contribution in [0.1, 0.15) is 21.6 Å². The Labute approximate surface area is 195 Å². The second-order valence-electron chi connectivity index (χ2n) is 7.35. The first-order valence-corrected chi connectivity index (χ1v) is 10.6. The summed E-state index contributed by atoms with van der Waals surface area (Å²) in [6.45, 7) is 0.376. The van der Waals surface area contributed by atoms with Crippen LogP contribution in [0.3, 0.4) is 0 Å². The lowest BCUT2D eigenvalue weighted by molar-refractivity contribution is 0.0950. The first-order chi connectivity index (χ1) is 16.8. The molecule has 0 aliphatic carbocycles. The van der Waals surface area contributed by atoms with Gasteiger partial charge in [0.25, 0.3) is 5.91 Å². The molecule has 0 radical (unpaired) electrons. The topological polar surface area (TPSA) is 110 Å². The minimum atomic E-state index is -0.161. The number of carbonyl (C=O) groups is 1. The molecule has 1 amide bonds. The van der Waals surface area contributed by atoms with Crippen molar-refractivity contribution in [1.29, 1.82) is 0 Å². The van der Waals surface area contributed by atoms with Gasteiger partial charge in [-0.1, -0.05) is 36.4 Å². The van der Waals surface area contributed by atoms with Crippen molar-refractivity contribution in [3.8, 4) is 5.69 Å². The van der Waals surface area contributed by atoms with Gasteiger partial charge >= 0.3 is 0 Å². The Morgan fingerprint density at radius 3 is 2.56 bits per heavy atom. The van der Waals surface area contributed by atoms with Crippen molar-refractivity contribution in [3.05, 3.63) is 108 Å². The second-order valence-corrected chi connectivity index (χ2v) is 7.35. The van der Waals surface area contributed by atoms with Crippen LogP contribution in [0.2, 0.25) is 0 Å². The molecule has 9 nitrogen and oxygen atoms in total. The van der Waals surface area contributed by atoms with E-state index >= 15 is 0 Å². The Balaban J connectivity index is 1.24. The van der Waals surface area contributed by atoms with Crippen molar-refractivity contribution < 1.29 is 4.79 Å². The highest BCUT2D eigenvalue weighted by Gasteiger charge is 2.10. The highest BCUT2D eigenvalue weighted by atomic mass is 16.1. The van der Waals surface area contributed by atoms with Gasteiger partial charge in [-0.3, -0.25) is 15.2 Å². The van der Waals surface area contributed by atoms with Crippen LogP contribution in [0, 0.1) is 0 Å². The number of rotatable bonds is 7. The van der Waals surface area contributed by atoms with Crippen molar-refractivity contribution in [2.24, 2.45) is 5.10 Å². The molecule has 2 aromatic carbocycles. The number of amides is 1. The summed E-state index contributed by atoms with van der Waals surface area (Å²) in [5.41, 5.74) is 6.75. The molecular weight excluding hydrogens is 428 g/mol. The van der Waals surface area contributed by atoms with E-state index in [1.54, 1.807) is 35.4 Å². The Kier molecular flexibility index (Phi) is 5.98. The first-order valence-electron chi connectivity index (χ1n) is 10.6. The summed E-state index contributed by atoms with van der Waals surface area (Å²) < 4.78 is 1.75. The predicted octanol–water partition coefficient (Wildman–Crippen LogP) is 3.59. The lowest BCUT2D eigenvalue weighted by Gasteiger charge is -2.05. The molecule has 0 fully saturated rings. The van der Waals surface area contributed by atoms with Gasteiger partial charge in [0, 0.05) is 11.8 Å². The van der Waals surface area contributed by atoms with Crippen LogP contribution < -0.4 is 10.7 Å². The van der Waals surface area contributed by atoms with Crippen molar-refractivity contribution in [2.75, 3.05) is 5.43 Å². The number of anilines is 1. The monoisotopic (exact) mass is 448 g/mol. The minimum absolute atomic E-state index is 0.161. The molecule has 0 atom stereocenters. The number of hydrogen-bond donors (Lipinski definition) is 2. The van der Waals surface area contributed by atoms with Crippen LogP contribution in [0.25, 0.3) is 16.7 Å². The zero-order valence-corrected chi connectivity index (χ0v) is 18.0. The average molecular weight is 448 g/mol. The molecule has 3 aromatic heterocycles. The van der Waals surface area contributed by atoms with Gasteiger partial charge < -0.3 is 5.32 Å². The van der Waals surface area contributed by atoms with Gasteiger partial charge in [0.1, 0.15) is 6.33 Å². The fourth-order valence-corrected chi connectivity index (χ4v) is 3.36. The highest BCUT2D eigenvalue weighted by Crippen LogP contribution is 2.21. The van der Waals surface area contributed by atoms with Crippen molar-refractivity contribution in [3.63, 3.8) is 0 Å². The van der Waals surface area contributed by atoms with Crippen LogP contribution >= 0.6 is 0 Å². The molecule has 0 bridgehead atoms. The van der Waals surface area contributed by atoms with Crippen LogP contribution in [0.5, 0.6) is 0 Å². The van der Waals surface area contributed by atoms with Gasteiger partial charge in [0.2, 0.25) is 0 Å². The van der Waals surface area contributed by atoms with E-state index in [0.717, 1.165) is 22.3 Å². The van der Waals surface area contributed by atoms with Crippen LogP contribution in [0.15, 0.2) is 96.6 Å². The van der Waals surface area contributed by atoms with Crippen molar-refractivity contribution >= 4 is 29.0 Å². The van der Waals surface area contributed by atoms with Crippen molar-refractivity contribution in [2.45, 2.75) is 6.54 Å². The molecule has 34 heavy (non-hydrogen) atoms. The fourth-order valence-electron chi connectivity index (χ4n) is 3.36. The number of benzene rings is 2. The number of nitrogens with zero attached hydrogens (tertiary/aromatic N) is 6. The standard InChI is InChI=1S/C25H20N8O/c34-25(27-15-20-6-4-5-13-26-20)19-11-9-18(10-12-19)14-30-32-23-22-16-31-33(24(22)29-17-28-23)21-7-2-1-3-8-21/h1-14,16-17H,15H2,(H,27,34)(H,28,29,32)/b30-14-. The number of para-hydroxylation sites is 1. The predicted molar refractivity (Wildman–Crippen MR) is 130 cm³/mol. The molecule has 0 aliphatic rings. The summed E-state index contributed by atoms with van der Waals surface area (Å²) >= 11 is 0. The smallest absolute Gasteiger partial charge is 0.251 e. The number of nitrogens with one attached hydrogen (secondary N) is 2. The Hall–Kier alpha value is -4.92.